The fourth-order valence-corrected chi connectivity index (χ4v) is 5.52. The van der Waals surface area contributed by atoms with E-state index in [0.717, 1.165) is 21.0 Å². The molecule has 1 N–H and O–H groups in total. The maximum Gasteiger partial charge on any atom is 0.268 e. The van der Waals surface area contributed by atoms with Crippen LogP contribution in [0.3, 0.4) is 0 Å². The fraction of sp³-hybridized carbons (Fsp3) is 0.240. The van der Waals surface area contributed by atoms with Gasteiger partial charge in [-0.3, -0.25) is 9.10 Å². The van der Waals surface area contributed by atoms with E-state index in [9.17, 15) is 13.2 Å². The molecule has 9 heteroatoms. The number of ether oxygens (including phenoxy) is 2. The van der Waals surface area contributed by atoms with Gasteiger partial charge in [0, 0.05) is 5.69 Å². The number of carbonyl (C=O) groups is 1. The normalized spacial score (nSPS) is 11.1. The zero-order valence-corrected chi connectivity index (χ0v) is 21.3. The van der Waals surface area contributed by atoms with Crippen LogP contribution in [0, 0.1) is 20.8 Å². The summed E-state index contributed by atoms with van der Waals surface area (Å²) in [4.78, 5) is 13.0. The first-order chi connectivity index (χ1) is 16.0. The van der Waals surface area contributed by atoms with Crippen LogP contribution in [0.2, 0.25) is 5.02 Å². The number of hydrogen-bond acceptors (Lipinski definition) is 5. The summed E-state index contributed by atoms with van der Waals surface area (Å²) in [6, 6.07) is 15.0. The lowest BCUT2D eigenvalue weighted by atomic mass is 10.1. The van der Waals surface area contributed by atoms with Gasteiger partial charge in [0.15, 0.2) is 0 Å². The molecule has 0 aliphatic rings. The van der Waals surface area contributed by atoms with Crippen LogP contribution >= 0.6 is 11.6 Å². The van der Waals surface area contributed by atoms with E-state index in [-0.39, 0.29) is 21.4 Å². The molecule has 3 rings (SSSR count). The Labute approximate surface area is 205 Å². The minimum Gasteiger partial charge on any atom is -0.495 e. The van der Waals surface area contributed by atoms with Crippen LogP contribution in [0.25, 0.3) is 0 Å². The molecule has 34 heavy (non-hydrogen) atoms. The summed E-state index contributed by atoms with van der Waals surface area (Å²) in [7, 11) is -1.35. The predicted octanol–water partition coefficient (Wildman–Crippen LogP) is 5.12. The van der Waals surface area contributed by atoms with Gasteiger partial charge < -0.3 is 14.8 Å². The van der Waals surface area contributed by atoms with E-state index in [1.165, 1.54) is 32.4 Å². The summed E-state index contributed by atoms with van der Waals surface area (Å²) in [6.07, 6.45) is 0. The van der Waals surface area contributed by atoms with Crippen molar-refractivity contribution in [3.05, 3.63) is 76.3 Å². The lowest BCUT2D eigenvalue weighted by Gasteiger charge is -2.25. The molecule has 3 aromatic carbocycles. The lowest BCUT2D eigenvalue weighted by molar-refractivity contribution is -0.114. The van der Waals surface area contributed by atoms with Gasteiger partial charge in [-0.1, -0.05) is 23.7 Å². The Bertz CT molecular complexity index is 1300. The second kappa shape index (κ2) is 10.4. The zero-order chi connectivity index (χ0) is 25.0. The highest BCUT2D eigenvalue weighted by Gasteiger charge is 2.31. The number of rotatable bonds is 8. The largest absolute Gasteiger partial charge is 0.495 e. The highest BCUT2D eigenvalue weighted by molar-refractivity contribution is 7.93. The first-order valence-corrected chi connectivity index (χ1v) is 12.3. The van der Waals surface area contributed by atoms with Crippen molar-refractivity contribution >= 4 is 38.9 Å². The molecule has 0 aromatic heterocycles. The van der Waals surface area contributed by atoms with Gasteiger partial charge in [-0.15, -0.1) is 0 Å². The van der Waals surface area contributed by atoms with Crippen molar-refractivity contribution in [3.63, 3.8) is 0 Å². The van der Waals surface area contributed by atoms with E-state index in [2.05, 4.69) is 5.32 Å². The Morgan fingerprint density at radius 3 is 2.09 bits per heavy atom. The van der Waals surface area contributed by atoms with Gasteiger partial charge in [-0.2, -0.15) is 0 Å². The predicted molar refractivity (Wildman–Crippen MR) is 135 cm³/mol. The van der Waals surface area contributed by atoms with Gasteiger partial charge in [0.1, 0.15) is 22.9 Å². The summed E-state index contributed by atoms with van der Waals surface area (Å²) in [5.74, 6) is 0.0487. The van der Waals surface area contributed by atoms with E-state index in [0.29, 0.717) is 11.4 Å². The van der Waals surface area contributed by atoms with E-state index in [1.54, 1.807) is 25.1 Å². The average molecular weight is 503 g/mol. The van der Waals surface area contributed by atoms with E-state index in [4.69, 9.17) is 21.1 Å². The number of benzene rings is 3. The number of nitrogens with one attached hydrogen (secondary N) is 1. The molecule has 180 valence electrons. The van der Waals surface area contributed by atoms with Crippen LogP contribution < -0.4 is 19.1 Å². The van der Waals surface area contributed by atoms with Gasteiger partial charge in [0.2, 0.25) is 5.91 Å². The fourth-order valence-electron chi connectivity index (χ4n) is 3.61. The van der Waals surface area contributed by atoms with Gasteiger partial charge in [0.05, 0.1) is 24.9 Å². The molecule has 0 aliphatic carbocycles. The van der Waals surface area contributed by atoms with Crippen molar-refractivity contribution in [3.8, 4) is 11.5 Å². The molecule has 0 spiro atoms. The van der Waals surface area contributed by atoms with Crippen LogP contribution in [-0.4, -0.2) is 35.1 Å². The van der Waals surface area contributed by atoms with Crippen LogP contribution in [0.1, 0.15) is 16.7 Å². The number of nitrogens with zero attached hydrogens (tertiary/aromatic N) is 1. The number of halogens is 1. The van der Waals surface area contributed by atoms with E-state index >= 15 is 0 Å². The van der Waals surface area contributed by atoms with Crippen molar-refractivity contribution in [2.75, 3.05) is 30.4 Å². The van der Waals surface area contributed by atoms with Gasteiger partial charge in [-0.05, 0) is 79.9 Å². The summed E-state index contributed by atoms with van der Waals surface area (Å²) < 4.78 is 39.1. The summed E-state index contributed by atoms with van der Waals surface area (Å²) in [5, 5.41) is 3.00. The summed E-state index contributed by atoms with van der Waals surface area (Å²) in [5.41, 5.74) is 3.48. The molecule has 1 amide bonds. The molecule has 0 saturated heterocycles. The highest BCUT2D eigenvalue weighted by Crippen LogP contribution is 2.34. The van der Waals surface area contributed by atoms with Crippen LogP contribution in [0.4, 0.5) is 11.4 Å². The minimum absolute atomic E-state index is 0.0545. The van der Waals surface area contributed by atoms with E-state index in [1.807, 2.05) is 32.0 Å². The third kappa shape index (κ3) is 5.63. The molecule has 0 aliphatic heterocycles. The molecule has 0 atom stereocenters. The molecule has 3 aromatic rings. The molecule has 0 saturated carbocycles. The molecular weight excluding hydrogens is 476 g/mol. The van der Waals surface area contributed by atoms with Crippen molar-refractivity contribution < 1.29 is 22.7 Å². The topological polar surface area (TPSA) is 84.9 Å². The van der Waals surface area contributed by atoms with Crippen molar-refractivity contribution in [1.82, 2.24) is 0 Å². The molecule has 0 bridgehead atoms. The Morgan fingerprint density at radius 1 is 0.882 bits per heavy atom. The lowest BCUT2D eigenvalue weighted by Crippen LogP contribution is -2.38. The molecule has 0 fully saturated rings. The number of methoxy groups -OCH3 is 2. The maximum absolute atomic E-state index is 13.8. The third-order valence-electron chi connectivity index (χ3n) is 5.10. The monoisotopic (exact) mass is 502 g/mol. The second-order valence-corrected chi connectivity index (χ2v) is 10.1. The number of anilines is 2. The van der Waals surface area contributed by atoms with E-state index < -0.39 is 22.5 Å². The molecule has 0 radical (unpaired) electrons. The van der Waals surface area contributed by atoms with Crippen LogP contribution in [-0.2, 0) is 14.8 Å². The quantitative estimate of drug-likeness (QED) is 0.462. The Morgan fingerprint density at radius 2 is 1.50 bits per heavy atom. The average Bonchev–Trinajstić information content (AvgIpc) is 2.76. The number of sulfonamides is 1. The summed E-state index contributed by atoms with van der Waals surface area (Å²) in [6.45, 7) is 5.14. The highest BCUT2D eigenvalue weighted by atomic mass is 35.5. The second-order valence-electron chi connectivity index (χ2n) is 7.91. The Kier molecular flexibility index (Phi) is 7.74. The first-order valence-electron chi connectivity index (χ1n) is 10.4. The minimum atomic E-state index is -4.21. The molecule has 0 heterocycles. The number of carbonyl (C=O) groups excluding carboxylic acids is 1. The van der Waals surface area contributed by atoms with Crippen molar-refractivity contribution in [2.45, 2.75) is 25.7 Å². The smallest absolute Gasteiger partial charge is 0.268 e. The van der Waals surface area contributed by atoms with Gasteiger partial charge in [0.25, 0.3) is 10.0 Å². The van der Waals surface area contributed by atoms with Crippen LogP contribution in [0.15, 0.2) is 59.5 Å². The maximum atomic E-state index is 13.8. The molecule has 0 unspecified atom stereocenters. The summed E-state index contributed by atoms with van der Waals surface area (Å²) >= 11 is 6.28. The molecule has 7 nitrogen and oxygen atoms in total. The SMILES string of the molecule is COc1ccc(N(CC(=O)Nc2cc(C)cc(C)c2)S(=O)(=O)c2cc(C)ccc2OC)cc1Cl. The van der Waals surface area contributed by atoms with Crippen molar-refractivity contribution in [2.24, 2.45) is 0 Å². The zero-order valence-electron chi connectivity index (χ0n) is 19.7. The van der Waals surface area contributed by atoms with Crippen LogP contribution in [0.5, 0.6) is 11.5 Å². The molecular formula is C25H27ClN2O5S. The number of hydrogen-bond donors (Lipinski definition) is 1. The first kappa shape index (κ1) is 25.4. The standard InChI is InChI=1S/C25H27ClN2O5S/c1-16-6-8-23(33-5)24(13-16)34(30,31)28(20-7-9-22(32-4)21(26)14-20)15-25(29)27-19-11-17(2)10-18(3)12-19/h6-14H,15H2,1-5H3,(H,27,29). The third-order valence-corrected chi connectivity index (χ3v) is 7.19. The Hall–Kier alpha value is -3.23. The van der Waals surface area contributed by atoms with Gasteiger partial charge in [-0.25, -0.2) is 8.42 Å². The number of aryl methyl sites for hydroxylation is 3. The van der Waals surface area contributed by atoms with Crippen molar-refractivity contribution in [1.29, 1.82) is 0 Å². The number of amides is 1. The Balaban J connectivity index is 2.06. The van der Waals surface area contributed by atoms with Gasteiger partial charge >= 0.3 is 0 Å².